The van der Waals surface area contributed by atoms with Crippen molar-refractivity contribution in [2.75, 3.05) is 19.7 Å². The molecule has 1 aromatic carbocycles. The second-order valence-corrected chi connectivity index (χ2v) is 10.4. The van der Waals surface area contributed by atoms with E-state index in [1.807, 2.05) is 32.0 Å². The fraction of sp³-hybridized carbons (Fsp3) is 0.679. The van der Waals surface area contributed by atoms with E-state index in [1.54, 1.807) is 20.8 Å². The van der Waals surface area contributed by atoms with Crippen LogP contribution in [0.25, 0.3) is 0 Å². The number of aliphatic hydroxyl groups is 1. The van der Waals surface area contributed by atoms with Gasteiger partial charge in [-0.25, -0.2) is 4.79 Å². The molecule has 0 saturated heterocycles. The van der Waals surface area contributed by atoms with Crippen LogP contribution in [0, 0.1) is 13.8 Å². The number of unbranched alkanes of at least 4 members (excludes halogenated alkanes) is 4. The second-order valence-electron chi connectivity index (χ2n) is 10.4. The molecule has 0 aliphatic heterocycles. The van der Waals surface area contributed by atoms with Crippen LogP contribution in [0.1, 0.15) is 95.9 Å². The molecule has 36 heavy (non-hydrogen) atoms. The van der Waals surface area contributed by atoms with Gasteiger partial charge in [0, 0.05) is 13.1 Å². The Balaban J connectivity index is 3.36. The van der Waals surface area contributed by atoms with Gasteiger partial charge in [0.25, 0.3) is 0 Å². The number of alkyl carbamates (subject to hydrolysis) is 1. The zero-order valence-electron chi connectivity index (χ0n) is 23.3. The zero-order valence-corrected chi connectivity index (χ0v) is 23.3. The monoisotopic (exact) mass is 505 g/mol. The molecule has 1 rings (SSSR count). The van der Waals surface area contributed by atoms with E-state index in [0.717, 1.165) is 43.2 Å². The number of benzene rings is 1. The Kier molecular flexibility index (Phi) is 13.5. The fourth-order valence-corrected chi connectivity index (χ4v) is 3.82. The molecule has 0 radical (unpaired) electrons. The van der Waals surface area contributed by atoms with Gasteiger partial charge in [-0.3, -0.25) is 9.59 Å². The van der Waals surface area contributed by atoms with Gasteiger partial charge in [0.2, 0.25) is 11.8 Å². The van der Waals surface area contributed by atoms with E-state index >= 15 is 0 Å². The second kappa shape index (κ2) is 15.5. The highest BCUT2D eigenvalue weighted by atomic mass is 16.6. The van der Waals surface area contributed by atoms with Gasteiger partial charge in [0.1, 0.15) is 17.7 Å². The van der Waals surface area contributed by atoms with Crippen LogP contribution in [0.15, 0.2) is 18.2 Å². The first-order valence-corrected chi connectivity index (χ1v) is 13.2. The molecule has 0 spiro atoms. The molecule has 8 nitrogen and oxygen atoms in total. The first kappa shape index (κ1) is 31.4. The van der Waals surface area contributed by atoms with Gasteiger partial charge >= 0.3 is 6.09 Å². The van der Waals surface area contributed by atoms with E-state index < -0.39 is 36.3 Å². The molecule has 0 aromatic heterocycles. The maximum Gasteiger partial charge on any atom is 0.408 e. The molecular weight excluding hydrogens is 458 g/mol. The normalized spacial score (nSPS) is 13.0. The molecule has 0 aliphatic carbocycles. The summed E-state index contributed by atoms with van der Waals surface area (Å²) < 4.78 is 5.28. The highest BCUT2D eigenvalue weighted by Crippen LogP contribution is 2.25. The summed E-state index contributed by atoms with van der Waals surface area (Å²) in [5.41, 5.74) is 2.05. The van der Waals surface area contributed by atoms with Crippen molar-refractivity contribution in [1.82, 2.24) is 15.5 Å². The molecular formula is C28H47N3O5. The van der Waals surface area contributed by atoms with Crippen LogP contribution in [0.4, 0.5) is 4.79 Å². The van der Waals surface area contributed by atoms with Crippen LogP contribution in [0.5, 0.6) is 0 Å². The lowest BCUT2D eigenvalue weighted by Crippen LogP contribution is -2.54. The minimum Gasteiger partial charge on any atom is -0.444 e. The van der Waals surface area contributed by atoms with Gasteiger partial charge in [-0.15, -0.1) is 0 Å². The predicted octanol–water partition coefficient (Wildman–Crippen LogP) is 4.56. The maximum atomic E-state index is 13.7. The molecule has 8 heteroatoms. The number of amides is 3. The summed E-state index contributed by atoms with van der Waals surface area (Å²) >= 11 is 0. The van der Waals surface area contributed by atoms with Gasteiger partial charge < -0.3 is 25.4 Å². The Labute approximate surface area is 217 Å². The number of aliphatic hydroxyl groups excluding tert-OH is 1. The molecule has 3 amide bonds. The average molecular weight is 506 g/mol. The van der Waals surface area contributed by atoms with Crippen LogP contribution in [-0.2, 0) is 14.3 Å². The minimum atomic E-state index is -1.23. The summed E-state index contributed by atoms with van der Waals surface area (Å²) in [5.74, 6) is -0.792. The van der Waals surface area contributed by atoms with Crippen LogP contribution >= 0.6 is 0 Å². The molecule has 0 aliphatic rings. The lowest BCUT2D eigenvalue weighted by molar-refractivity contribution is -0.143. The molecule has 0 fully saturated rings. The quantitative estimate of drug-likeness (QED) is 0.321. The molecule has 204 valence electrons. The van der Waals surface area contributed by atoms with Gasteiger partial charge in [-0.05, 0) is 64.2 Å². The molecule has 0 bridgehead atoms. The van der Waals surface area contributed by atoms with Crippen LogP contribution in [0.3, 0.4) is 0 Å². The first-order valence-electron chi connectivity index (χ1n) is 13.2. The Morgan fingerprint density at radius 2 is 1.64 bits per heavy atom. The molecule has 3 N–H and O–H groups in total. The maximum absolute atomic E-state index is 13.7. The molecule has 0 saturated carbocycles. The number of hydrogen-bond acceptors (Lipinski definition) is 5. The number of carbonyl (C=O) groups is 3. The number of hydrogen-bond donors (Lipinski definition) is 3. The van der Waals surface area contributed by atoms with E-state index in [1.165, 1.54) is 4.90 Å². The Morgan fingerprint density at radius 3 is 2.19 bits per heavy atom. The summed E-state index contributed by atoms with van der Waals surface area (Å²) in [6.07, 6.45) is 4.61. The van der Waals surface area contributed by atoms with Gasteiger partial charge in [0.15, 0.2) is 0 Å². The number of aryl methyl sites for hydroxylation is 2. The Hall–Kier alpha value is -2.61. The van der Waals surface area contributed by atoms with E-state index in [4.69, 9.17) is 4.74 Å². The van der Waals surface area contributed by atoms with Crippen molar-refractivity contribution >= 4 is 17.9 Å². The first-order chi connectivity index (χ1) is 16.9. The van der Waals surface area contributed by atoms with Crippen LogP contribution < -0.4 is 10.6 Å². The van der Waals surface area contributed by atoms with Crippen molar-refractivity contribution in [2.24, 2.45) is 0 Å². The molecule has 2 unspecified atom stereocenters. The predicted molar refractivity (Wildman–Crippen MR) is 143 cm³/mol. The third-order valence-electron chi connectivity index (χ3n) is 5.94. The number of rotatable bonds is 14. The largest absolute Gasteiger partial charge is 0.444 e. The standard InChI is InChI=1S/C28H47N3O5/c1-8-10-12-16-29-25(33)24(22-15-14-20(3)21(4)18-22)31(17-13-11-9-2)26(34)23(19-32)30-27(35)36-28(5,6)7/h14-15,18,23-24,32H,8-13,16-17,19H2,1-7H3,(H,29,33)(H,30,35). The van der Waals surface area contributed by atoms with Crippen molar-refractivity contribution in [3.05, 3.63) is 34.9 Å². The van der Waals surface area contributed by atoms with E-state index in [0.29, 0.717) is 25.1 Å². The van der Waals surface area contributed by atoms with Gasteiger partial charge in [-0.2, -0.15) is 0 Å². The van der Waals surface area contributed by atoms with Crippen molar-refractivity contribution in [3.63, 3.8) is 0 Å². The minimum absolute atomic E-state index is 0.270. The van der Waals surface area contributed by atoms with Crippen LogP contribution in [0.2, 0.25) is 0 Å². The third-order valence-corrected chi connectivity index (χ3v) is 5.94. The average Bonchev–Trinajstić information content (AvgIpc) is 2.80. The number of nitrogens with zero attached hydrogens (tertiary/aromatic N) is 1. The summed E-state index contributed by atoms with van der Waals surface area (Å²) in [5, 5.41) is 15.5. The Bertz CT molecular complexity index is 850. The van der Waals surface area contributed by atoms with Crippen molar-refractivity contribution < 1.29 is 24.2 Å². The zero-order chi connectivity index (χ0) is 27.3. The molecule has 2 atom stereocenters. The number of ether oxygens (including phenoxy) is 1. The lowest BCUT2D eigenvalue weighted by atomic mass is 9.98. The van der Waals surface area contributed by atoms with Gasteiger partial charge in [-0.1, -0.05) is 57.7 Å². The fourth-order valence-electron chi connectivity index (χ4n) is 3.82. The number of carbonyl (C=O) groups excluding carboxylic acids is 3. The summed E-state index contributed by atoms with van der Waals surface area (Å²) in [7, 11) is 0. The molecule has 1 aromatic rings. The van der Waals surface area contributed by atoms with Crippen molar-refractivity contribution in [1.29, 1.82) is 0 Å². The van der Waals surface area contributed by atoms with E-state index in [9.17, 15) is 19.5 Å². The lowest BCUT2D eigenvalue weighted by Gasteiger charge is -2.34. The van der Waals surface area contributed by atoms with Crippen molar-refractivity contribution in [2.45, 2.75) is 105 Å². The number of nitrogens with one attached hydrogen (secondary N) is 2. The highest BCUT2D eigenvalue weighted by molar-refractivity contribution is 5.92. The topological polar surface area (TPSA) is 108 Å². The third kappa shape index (κ3) is 10.6. The summed E-state index contributed by atoms with van der Waals surface area (Å²) in [6, 6.07) is 3.63. The van der Waals surface area contributed by atoms with Crippen molar-refractivity contribution in [3.8, 4) is 0 Å². The smallest absolute Gasteiger partial charge is 0.408 e. The van der Waals surface area contributed by atoms with E-state index in [2.05, 4.69) is 24.5 Å². The SMILES string of the molecule is CCCCCNC(=O)C(c1ccc(C)c(C)c1)N(CCCCC)C(=O)C(CO)NC(=O)OC(C)(C)C. The summed E-state index contributed by atoms with van der Waals surface area (Å²) in [4.78, 5) is 41.1. The van der Waals surface area contributed by atoms with E-state index in [-0.39, 0.29) is 5.91 Å². The molecule has 0 heterocycles. The van der Waals surface area contributed by atoms with Crippen LogP contribution in [-0.4, -0.2) is 59.3 Å². The van der Waals surface area contributed by atoms with Gasteiger partial charge in [0.05, 0.1) is 6.61 Å². The summed E-state index contributed by atoms with van der Waals surface area (Å²) in [6.45, 7) is 13.5. The Morgan fingerprint density at radius 1 is 1.00 bits per heavy atom. The highest BCUT2D eigenvalue weighted by Gasteiger charge is 2.36.